The highest BCUT2D eigenvalue weighted by Crippen LogP contribution is 2.26. The molecular formula is C23H36N2O3. The molecule has 0 saturated heterocycles. The zero-order valence-electron chi connectivity index (χ0n) is 17.5. The molecule has 1 aliphatic rings. The lowest BCUT2D eigenvalue weighted by Crippen LogP contribution is -2.34. The number of hydrogen-bond acceptors (Lipinski definition) is 4. The second kappa shape index (κ2) is 12.6. The number of likely N-dealkylation sites (N-methyl/N-ethyl adjacent to an activating group) is 1. The fraction of sp³-hybridized carbons (Fsp3) is 0.609. The van der Waals surface area contributed by atoms with E-state index >= 15 is 0 Å². The molecule has 1 saturated carbocycles. The number of ether oxygens (including phenoxy) is 2. The van der Waals surface area contributed by atoms with Crippen LogP contribution in [0.4, 0.5) is 4.79 Å². The highest BCUT2D eigenvalue weighted by atomic mass is 16.6. The maximum Gasteiger partial charge on any atom is 0.412 e. The average Bonchev–Trinajstić information content (AvgIpc) is 2.69. The van der Waals surface area contributed by atoms with Gasteiger partial charge in [-0.15, -0.1) is 6.58 Å². The normalized spacial score (nSPS) is 19.4. The first kappa shape index (κ1) is 22.4. The topological polar surface area (TPSA) is 50.8 Å². The van der Waals surface area contributed by atoms with Gasteiger partial charge in [0.2, 0.25) is 0 Å². The number of nitrogens with zero attached hydrogens (tertiary/aromatic N) is 1. The quantitative estimate of drug-likeness (QED) is 0.446. The molecule has 5 nitrogen and oxygen atoms in total. The standard InChI is InChI=1S/C23H36N2O3/c1-4-15-25(3)16-5-6-17-27-21-13-9-20(10-14-21)18-24-23(26)28-22-11-7-19(2)8-12-22/h4,7-8,11-12,20-21H,1,5-6,9-10,13-18H2,2-3H3,(H,24,26). The molecule has 156 valence electrons. The van der Waals surface area contributed by atoms with Crippen molar-refractivity contribution in [3.05, 3.63) is 42.5 Å². The highest BCUT2D eigenvalue weighted by Gasteiger charge is 2.22. The second-order valence-corrected chi connectivity index (χ2v) is 7.86. The number of carbonyl (C=O) groups excluding carboxylic acids is 1. The number of unbranched alkanes of at least 4 members (excludes halogenated alkanes) is 1. The summed E-state index contributed by atoms with van der Waals surface area (Å²) in [6, 6.07) is 7.50. The number of aryl methyl sites for hydroxylation is 1. The monoisotopic (exact) mass is 388 g/mol. The summed E-state index contributed by atoms with van der Waals surface area (Å²) in [4.78, 5) is 14.2. The fourth-order valence-corrected chi connectivity index (χ4v) is 3.53. The number of carbonyl (C=O) groups is 1. The van der Waals surface area contributed by atoms with Gasteiger partial charge in [-0.2, -0.15) is 0 Å². The summed E-state index contributed by atoms with van der Waals surface area (Å²) in [6.45, 7) is 9.32. The number of hydrogen-bond donors (Lipinski definition) is 1. The summed E-state index contributed by atoms with van der Waals surface area (Å²) in [7, 11) is 2.12. The average molecular weight is 389 g/mol. The minimum Gasteiger partial charge on any atom is -0.410 e. The summed E-state index contributed by atoms with van der Waals surface area (Å²) in [6.07, 6.45) is 8.55. The minimum atomic E-state index is -0.372. The van der Waals surface area contributed by atoms with Gasteiger partial charge < -0.3 is 19.7 Å². The summed E-state index contributed by atoms with van der Waals surface area (Å²) in [5.41, 5.74) is 1.15. The van der Waals surface area contributed by atoms with Crippen LogP contribution in [0, 0.1) is 12.8 Å². The third-order valence-electron chi connectivity index (χ3n) is 5.29. The molecule has 1 aromatic rings. The molecule has 1 aliphatic carbocycles. The fourth-order valence-electron chi connectivity index (χ4n) is 3.53. The maximum atomic E-state index is 11.9. The van der Waals surface area contributed by atoms with E-state index in [-0.39, 0.29) is 6.09 Å². The van der Waals surface area contributed by atoms with Crippen LogP contribution >= 0.6 is 0 Å². The van der Waals surface area contributed by atoms with Crippen LogP contribution in [0.2, 0.25) is 0 Å². The van der Waals surface area contributed by atoms with Crippen LogP contribution in [0.25, 0.3) is 0 Å². The summed E-state index contributed by atoms with van der Waals surface area (Å²) < 4.78 is 11.3. The van der Waals surface area contributed by atoms with Gasteiger partial charge in [0.15, 0.2) is 0 Å². The molecule has 1 N–H and O–H groups in total. The Bertz CT molecular complexity index is 580. The van der Waals surface area contributed by atoms with Crippen molar-refractivity contribution in [2.24, 2.45) is 5.92 Å². The van der Waals surface area contributed by atoms with E-state index in [0.29, 0.717) is 24.3 Å². The van der Waals surface area contributed by atoms with Gasteiger partial charge in [0.05, 0.1) is 6.10 Å². The molecular weight excluding hydrogens is 352 g/mol. The first-order valence-corrected chi connectivity index (χ1v) is 10.5. The second-order valence-electron chi connectivity index (χ2n) is 7.86. The molecule has 1 amide bonds. The van der Waals surface area contributed by atoms with Crippen molar-refractivity contribution in [3.63, 3.8) is 0 Å². The van der Waals surface area contributed by atoms with E-state index in [1.54, 1.807) is 0 Å². The molecule has 0 unspecified atom stereocenters. The lowest BCUT2D eigenvalue weighted by molar-refractivity contribution is 0.0160. The molecule has 1 fully saturated rings. The summed E-state index contributed by atoms with van der Waals surface area (Å²) in [5, 5.41) is 2.90. The van der Waals surface area contributed by atoms with E-state index in [9.17, 15) is 4.79 Å². The molecule has 28 heavy (non-hydrogen) atoms. The third-order valence-corrected chi connectivity index (χ3v) is 5.29. The van der Waals surface area contributed by atoms with E-state index < -0.39 is 0 Å². The minimum absolute atomic E-state index is 0.372. The van der Waals surface area contributed by atoms with Crippen molar-refractivity contribution in [3.8, 4) is 5.75 Å². The molecule has 0 atom stereocenters. The number of rotatable bonds is 11. The third kappa shape index (κ3) is 8.89. The SMILES string of the molecule is C=CCN(C)CCCCOC1CCC(CNC(=O)Oc2ccc(C)cc2)CC1. The molecule has 0 aliphatic heterocycles. The van der Waals surface area contributed by atoms with Gasteiger partial charge in [0.1, 0.15) is 5.75 Å². The van der Waals surface area contributed by atoms with Gasteiger partial charge in [-0.3, -0.25) is 0 Å². The van der Waals surface area contributed by atoms with Crippen LogP contribution in [-0.4, -0.2) is 50.4 Å². The molecule has 0 heterocycles. The van der Waals surface area contributed by atoms with Crippen LogP contribution in [0.5, 0.6) is 5.75 Å². The van der Waals surface area contributed by atoms with Crippen molar-refractivity contribution < 1.29 is 14.3 Å². The lowest BCUT2D eigenvalue weighted by Gasteiger charge is -2.28. The van der Waals surface area contributed by atoms with Gasteiger partial charge in [-0.05, 0) is 77.1 Å². The Hall–Kier alpha value is -1.85. The van der Waals surface area contributed by atoms with Crippen molar-refractivity contribution in [1.82, 2.24) is 10.2 Å². The molecule has 2 rings (SSSR count). The zero-order chi connectivity index (χ0) is 20.2. The predicted molar refractivity (Wildman–Crippen MR) is 114 cm³/mol. The Morgan fingerprint density at radius 3 is 2.61 bits per heavy atom. The van der Waals surface area contributed by atoms with Crippen molar-refractivity contribution in [2.75, 3.05) is 33.3 Å². The Morgan fingerprint density at radius 2 is 1.93 bits per heavy atom. The highest BCUT2D eigenvalue weighted by molar-refractivity contribution is 5.70. The summed E-state index contributed by atoms with van der Waals surface area (Å²) >= 11 is 0. The Morgan fingerprint density at radius 1 is 1.21 bits per heavy atom. The van der Waals surface area contributed by atoms with E-state index in [4.69, 9.17) is 9.47 Å². The van der Waals surface area contributed by atoms with Crippen LogP contribution in [0.3, 0.4) is 0 Å². The number of amides is 1. The molecule has 0 spiro atoms. The first-order valence-electron chi connectivity index (χ1n) is 10.5. The van der Waals surface area contributed by atoms with Crippen molar-refractivity contribution >= 4 is 6.09 Å². The van der Waals surface area contributed by atoms with E-state index in [2.05, 4.69) is 23.8 Å². The van der Waals surface area contributed by atoms with E-state index in [0.717, 1.165) is 63.8 Å². The van der Waals surface area contributed by atoms with Crippen LogP contribution in [0.15, 0.2) is 36.9 Å². The zero-order valence-corrected chi connectivity index (χ0v) is 17.5. The van der Waals surface area contributed by atoms with Gasteiger partial charge in [0.25, 0.3) is 0 Å². The maximum absolute atomic E-state index is 11.9. The predicted octanol–water partition coefficient (Wildman–Crippen LogP) is 4.56. The van der Waals surface area contributed by atoms with Crippen LogP contribution < -0.4 is 10.1 Å². The van der Waals surface area contributed by atoms with Gasteiger partial charge in [0, 0.05) is 19.7 Å². The smallest absolute Gasteiger partial charge is 0.410 e. The van der Waals surface area contributed by atoms with Gasteiger partial charge in [-0.1, -0.05) is 23.8 Å². The molecule has 0 radical (unpaired) electrons. The van der Waals surface area contributed by atoms with Gasteiger partial charge >= 0.3 is 6.09 Å². The Labute approximate surface area is 170 Å². The van der Waals surface area contributed by atoms with Crippen LogP contribution in [0.1, 0.15) is 44.1 Å². The summed E-state index contributed by atoms with van der Waals surface area (Å²) in [5.74, 6) is 1.09. The molecule has 0 aromatic heterocycles. The van der Waals surface area contributed by atoms with Crippen molar-refractivity contribution in [2.45, 2.75) is 51.6 Å². The Kier molecular flexibility index (Phi) is 10.1. The molecule has 0 bridgehead atoms. The molecule has 1 aromatic carbocycles. The van der Waals surface area contributed by atoms with Gasteiger partial charge in [-0.25, -0.2) is 4.79 Å². The largest absolute Gasteiger partial charge is 0.412 e. The molecule has 5 heteroatoms. The number of nitrogens with one attached hydrogen (secondary N) is 1. The lowest BCUT2D eigenvalue weighted by atomic mass is 9.87. The number of benzene rings is 1. The van der Waals surface area contributed by atoms with E-state index in [1.165, 1.54) is 0 Å². The Balaban J connectivity index is 1.51. The first-order chi connectivity index (χ1) is 13.6. The van der Waals surface area contributed by atoms with Crippen LogP contribution in [-0.2, 0) is 4.74 Å². The van der Waals surface area contributed by atoms with Crippen molar-refractivity contribution in [1.29, 1.82) is 0 Å². The van der Waals surface area contributed by atoms with E-state index in [1.807, 2.05) is 37.3 Å².